The van der Waals surface area contributed by atoms with Crippen LogP contribution in [0.3, 0.4) is 0 Å². The van der Waals surface area contributed by atoms with Crippen molar-refractivity contribution >= 4 is 23.6 Å². The van der Waals surface area contributed by atoms with Gasteiger partial charge in [-0.3, -0.25) is 19.1 Å². The van der Waals surface area contributed by atoms with Crippen LogP contribution in [-0.2, 0) is 23.8 Å². The van der Waals surface area contributed by atoms with Gasteiger partial charge in [-0.2, -0.15) is 11.8 Å². The first-order valence-corrected chi connectivity index (χ1v) is 10.1. The number of carboxylic acids is 1. The molecule has 160 valence electrons. The molecule has 12 heteroatoms. The van der Waals surface area contributed by atoms with Crippen molar-refractivity contribution in [3.05, 3.63) is 33.1 Å². The first kappa shape index (κ1) is 21.6. The van der Waals surface area contributed by atoms with Crippen molar-refractivity contribution in [2.75, 3.05) is 11.5 Å². The molecule has 1 amide bonds. The number of aromatic amines is 1. The Morgan fingerprint density at radius 2 is 2.03 bits per heavy atom. The number of ether oxygens (including phenoxy) is 3. The van der Waals surface area contributed by atoms with Gasteiger partial charge in [0.05, 0.1) is 6.10 Å². The lowest BCUT2D eigenvalue weighted by molar-refractivity contribution is -0.194. The van der Waals surface area contributed by atoms with Gasteiger partial charge in [0.25, 0.3) is 5.56 Å². The van der Waals surface area contributed by atoms with Gasteiger partial charge in [0.2, 0.25) is 5.91 Å². The maximum atomic E-state index is 12.2. The molecule has 2 saturated heterocycles. The number of carbonyl (C=O) groups is 2. The summed E-state index contributed by atoms with van der Waals surface area (Å²) in [6.07, 6.45) is -1.01. The zero-order valence-electron chi connectivity index (χ0n) is 16.1. The van der Waals surface area contributed by atoms with Crippen LogP contribution in [-0.4, -0.2) is 68.2 Å². The van der Waals surface area contributed by atoms with Crippen molar-refractivity contribution in [1.29, 1.82) is 0 Å². The van der Waals surface area contributed by atoms with Gasteiger partial charge >= 0.3 is 11.7 Å². The van der Waals surface area contributed by atoms with Crippen LogP contribution in [0.5, 0.6) is 0 Å². The van der Waals surface area contributed by atoms with E-state index < -0.39 is 59.5 Å². The predicted octanol–water partition coefficient (Wildman–Crippen LogP) is -0.723. The van der Waals surface area contributed by atoms with Crippen LogP contribution in [0.15, 0.2) is 21.9 Å². The average Bonchev–Trinajstić information content (AvgIpc) is 3.07. The molecule has 0 spiro atoms. The fourth-order valence-corrected chi connectivity index (χ4v) is 4.47. The lowest BCUT2D eigenvalue weighted by Gasteiger charge is -2.25. The van der Waals surface area contributed by atoms with Gasteiger partial charge < -0.3 is 24.6 Å². The Labute approximate surface area is 169 Å². The molecule has 0 aromatic carbocycles. The highest BCUT2D eigenvalue weighted by atomic mass is 32.2. The number of H-pyrrole nitrogens is 1. The zero-order valence-corrected chi connectivity index (χ0v) is 16.9. The summed E-state index contributed by atoms with van der Waals surface area (Å²) in [6.45, 7) is 4.75. The van der Waals surface area contributed by atoms with Crippen LogP contribution in [0, 0.1) is 0 Å². The normalized spacial score (nSPS) is 28.7. The molecule has 2 aliphatic rings. The van der Waals surface area contributed by atoms with E-state index in [1.165, 1.54) is 35.5 Å². The molecular weight excluding hydrogens is 406 g/mol. The SMILES string of the molecule is CC(=O)N[C@H](CSC[C@H]1O[C@@H](n2ccc(=O)[nH]c2=O)[C@@H]2OC(C)(C)O[C@@H]21)C(=O)O. The number of rotatable bonds is 7. The van der Waals surface area contributed by atoms with E-state index in [2.05, 4.69) is 10.3 Å². The van der Waals surface area contributed by atoms with Gasteiger partial charge in [0.1, 0.15) is 18.2 Å². The largest absolute Gasteiger partial charge is 0.480 e. The summed E-state index contributed by atoms with van der Waals surface area (Å²) in [7, 11) is 0. The smallest absolute Gasteiger partial charge is 0.330 e. The summed E-state index contributed by atoms with van der Waals surface area (Å²) in [4.78, 5) is 48.1. The van der Waals surface area contributed by atoms with E-state index in [9.17, 15) is 24.3 Å². The van der Waals surface area contributed by atoms with Crippen molar-refractivity contribution in [2.45, 2.75) is 57.1 Å². The van der Waals surface area contributed by atoms with Crippen molar-refractivity contribution in [2.24, 2.45) is 0 Å². The lowest BCUT2D eigenvalue weighted by atomic mass is 10.1. The number of carbonyl (C=O) groups excluding carboxylic acids is 1. The van der Waals surface area contributed by atoms with Crippen LogP contribution in [0.1, 0.15) is 27.0 Å². The van der Waals surface area contributed by atoms with E-state index in [-0.39, 0.29) is 5.75 Å². The highest BCUT2D eigenvalue weighted by Crippen LogP contribution is 2.43. The number of fused-ring (bicyclic) bond motifs is 1. The highest BCUT2D eigenvalue weighted by Gasteiger charge is 2.55. The Kier molecular flexibility index (Phi) is 6.17. The van der Waals surface area contributed by atoms with Crippen LogP contribution >= 0.6 is 11.8 Å². The summed E-state index contributed by atoms with van der Waals surface area (Å²) in [5.74, 6) is -1.94. The summed E-state index contributed by atoms with van der Waals surface area (Å²) in [5, 5.41) is 11.6. The van der Waals surface area contributed by atoms with Crippen molar-refractivity contribution in [1.82, 2.24) is 14.9 Å². The first-order valence-electron chi connectivity index (χ1n) is 8.97. The maximum absolute atomic E-state index is 12.2. The fraction of sp³-hybridized carbons (Fsp3) is 0.647. The molecule has 2 fully saturated rings. The average molecular weight is 429 g/mol. The molecule has 3 N–H and O–H groups in total. The van der Waals surface area contributed by atoms with Crippen LogP contribution in [0.2, 0.25) is 0 Å². The van der Waals surface area contributed by atoms with Crippen molar-refractivity contribution in [3.8, 4) is 0 Å². The van der Waals surface area contributed by atoms with Gasteiger partial charge in [-0.1, -0.05) is 0 Å². The minimum atomic E-state index is -1.13. The summed E-state index contributed by atoms with van der Waals surface area (Å²) < 4.78 is 19.1. The number of nitrogens with one attached hydrogen (secondary N) is 2. The van der Waals surface area contributed by atoms with E-state index in [1.807, 2.05) is 0 Å². The Morgan fingerprint density at radius 3 is 2.66 bits per heavy atom. The quantitative estimate of drug-likeness (QED) is 0.510. The number of thioether (sulfide) groups is 1. The number of nitrogens with zero attached hydrogens (tertiary/aromatic N) is 1. The minimum Gasteiger partial charge on any atom is -0.480 e. The molecule has 2 aliphatic heterocycles. The van der Waals surface area contributed by atoms with E-state index >= 15 is 0 Å². The third kappa shape index (κ3) is 4.89. The second-order valence-electron chi connectivity index (χ2n) is 7.28. The number of aliphatic carboxylic acids is 1. The molecule has 5 atom stereocenters. The third-order valence-corrected chi connectivity index (χ3v) is 5.63. The third-order valence-electron chi connectivity index (χ3n) is 4.49. The summed E-state index contributed by atoms with van der Waals surface area (Å²) >= 11 is 1.28. The van der Waals surface area contributed by atoms with E-state index in [4.69, 9.17) is 14.2 Å². The molecular formula is C17H23N3O8S. The number of hydrogen-bond acceptors (Lipinski definition) is 8. The van der Waals surface area contributed by atoms with Gasteiger partial charge in [-0.15, -0.1) is 0 Å². The molecule has 0 bridgehead atoms. The molecule has 1 aromatic rings. The molecule has 0 saturated carbocycles. The maximum Gasteiger partial charge on any atom is 0.330 e. The summed E-state index contributed by atoms with van der Waals surface area (Å²) in [5.41, 5.74) is -1.14. The fourth-order valence-electron chi connectivity index (χ4n) is 3.37. The zero-order chi connectivity index (χ0) is 21.3. The molecule has 0 aliphatic carbocycles. The predicted molar refractivity (Wildman–Crippen MR) is 102 cm³/mol. The lowest BCUT2D eigenvalue weighted by Crippen LogP contribution is -2.42. The van der Waals surface area contributed by atoms with Gasteiger partial charge in [-0.25, -0.2) is 9.59 Å². The molecule has 0 radical (unpaired) electrons. The molecule has 3 heterocycles. The van der Waals surface area contributed by atoms with Crippen LogP contribution in [0.25, 0.3) is 0 Å². The van der Waals surface area contributed by atoms with Crippen LogP contribution < -0.4 is 16.6 Å². The Bertz CT molecular complexity index is 897. The van der Waals surface area contributed by atoms with Gasteiger partial charge in [0.15, 0.2) is 12.0 Å². The molecule has 29 heavy (non-hydrogen) atoms. The molecule has 0 unspecified atom stereocenters. The number of carboxylic acid groups (broad SMARTS) is 1. The van der Waals surface area contributed by atoms with E-state index in [0.29, 0.717) is 5.75 Å². The molecule has 3 rings (SSSR count). The monoisotopic (exact) mass is 429 g/mol. The topological polar surface area (TPSA) is 149 Å². The second-order valence-corrected chi connectivity index (χ2v) is 8.35. The second kappa shape index (κ2) is 8.30. The Morgan fingerprint density at radius 1 is 1.34 bits per heavy atom. The Hall–Kier alpha value is -2.15. The standard InChI is InChI=1S/C17H23N3O8S/c1-8(21)18-9(15(23)24)6-29-7-10-12-13(28-17(2,3)27-12)14(26-10)20-5-4-11(22)19-16(20)25/h4-5,9-10,12-14H,6-7H2,1-3H3,(H,18,21)(H,23,24)(H,19,22,25)/t9-,10-,12-,13-,14-/m1/s1. The van der Waals surface area contributed by atoms with E-state index in [1.54, 1.807) is 13.8 Å². The molecule has 1 aromatic heterocycles. The van der Waals surface area contributed by atoms with Crippen molar-refractivity contribution in [3.63, 3.8) is 0 Å². The van der Waals surface area contributed by atoms with E-state index in [0.717, 1.165) is 0 Å². The highest BCUT2D eigenvalue weighted by molar-refractivity contribution is 7.99. The molecule has 11 nitrogen and oxygen atoms in total. The number of amides is 1. The van der Waals surface area contributed by atoms with Crippen molar-refractivity contribution < 1.29 is 28.9 Å². The Balaban J connectivity index is 1.72. The van der Waals surface area contributed by atoms with Gasteiger partial charge in [-0.05, 0) is 13.8 Å². The number of aromatic nitrogens is 2. The minimum absolute atomic E-state index is 0.139. The van der Waals surface area contributed by atoms with Gasteiger partial charge in [0, 0.05) is 30.7 Å². The van der Waals surface area contributed by atoms with Crippen LogP contribution in [0.4, 0.5) is 0 Å². The first-order chi connectivity index (χ1) is 13.6. The summed E-state index contributed by atoms with van der Waals surface area (Å²) in [6, 6.07) is 0.192. The number of hydrogen-bond donors (Lipinski definition) is 3.